The maximum Gasteiger partial charge on any atom is 0.193 e. The lowest BCUT2D eigenvalue weighted by atomic mass is 10.2. The third-order valence-electron chi connectivity index (χ3n) is 3.49. The molecule has 1 aromatic carbocycles. The highest BCUT2D eigenvalue weighted by Crippen LogP contribution is 2.23. The molecular weight excluding hydrogens is 309 g/mol. The van der Waals surface area contributed by atoms with E-state index < -0.39 is 0 Å². The van der Waals surface area contributed by atoms with Gasteiger partial charge < -0.3 is 15.0 Å². The fourth-order valence-corrected chi connectivity index (χ4v) is 2.70. The normalized spacial score (nSPS) is 18.9. The van der Waals surface area contributed by atoms with Crippen LogP contribution in [0.3, 0.4) is 0 Å². The first-order valence-electron chi connectivity index (χ1n) is 7.07. The fraction of sp³-hybridized carbons (Fsp3) is 0.533. The molecule has 0 spiro atoms. The molecule has 4 nitrogen and oxygen atoms in total. The number of ether oxygens (including phenoxy) is 1. The largest absolute Gasteiger partial charge is 0.376 e. The number of benzene rings is 1. The molecule has 1 aliphatic heterocycles. The minimum absolute atomic E-state index is 0.292. The quantitative estimate of drug-likeness (QED) is 0.680. The highest BCUT2D eigenvalue weighted by atomic mass is 35.5. The van der Waals surface area contributed by atoms with Gasteiger partial charge in [0.25, 0.3) is 0 Å². The average Bonchev–Trinajstić information content (AvgIpc) is 2.97. The average molecular weight is 330 g/mol. The molecule has 1 saturated heterocycles. The van der Waals surface area contributed by atoms with Crippen LogP contribution in [-0.2, 0) is 11.3 Å². The van der Waals surface area contributed by atoms with Gasteiger partial charge in [-0.1, -0.05) is 29.3 Å². The fourth-order valence-electron chi connectivity index (χ4n) is 2.38. The summed E-state index contributed by atoms with van der Waals surface area (Å²) in [5.74, 6) is 0.844. The van der Waals surface area contributed by atoms with E-state index in [4.69, 9.17) is 27.9 Å². The molecule has 0 saturated carbocycles. The Kier molecular flexibility index (Phi) is 6.15. The first-order valence-corrected chi connectivity index (χ1v) is 7.83. The van der Waals surface area contributed by atoms with Crippen LogP contribution in [-0.4, -0.2) is 44.2 Å². The molecule has 1 unspecified atom stereocenters. The monoisotopic (exact) mass is 329 g/mol. The summed E-state index contributed by atoms with van der Waals surface area (Å²) in [6, 6.07) is 5.67. The number of nitrogens with one attached hydrogen (secondary N) is 1. The number of hydrogen-bond acceptors (Lipinski definition) is 2. The standard InChI is InChI=1S/C15H21Cl2N3O/c1-18-15(19-9-12-4-3-7-21-12)20(2)10-11-5-6-13(16)14(17)8-11/h5-6,8,12H,3-4,7,9-10H2,1-2H3,(H,18,19). The van der Waals surface area contributed by atoms with Crippen molar-refractivity contribution in [1.29, 1.82) is 0 Å². The molecule has 21 heavy (non-hydrogen) atoms. The topological polar surface area (TPSA) is 36.9 Å². The Morgan fingerprint density at radius 3 is 2.86 bits per heavy atom. The molecule has 1 aliphatic rings. The first-order chi connectivity index (χ1) is 10.1. The van der Waals surface area contributed by atoms with Gasteiger partial charge in [-0.15, -0.1) is 0 Å². The third-order valence-corrected chi connectivity index (χ3v) is 4.23. The maximum atomic E-state index is 6.05. The Hall–Kier alpha value is -0.970. The van der Waals surface area contributed by atoms with Crippen LogP contribution in [0.15, 0.2) is 23.2 Å². The van der Waals surface area contributed by atoms with E-state index >= 15 is 0 Å². The molecule has 0 bridgehead atoms. The van der Waals surface area contributed by atoms with Crippen LogP contribution in [0.5, 0.6) is 0 Å². The maximum absolute atomic E-state index is 6.05. The Labute approximate surface area is 136 Å². The van der Waals surface area contributed by atoms with Gasteiger partial charge in [-0.25, -0.2) is 0 Å². The Morgan fingerprint density at radius 1 is 1.43 bits per heavy atom. The number of rotatable bonds is 4. The van der Waals surface area contributed by atoms with Crippen LogP contribution in [0.4, 0.5) is 0 Å². The van der Waals surface area contributed by atoms with Crippen molar-refractivity contribution < 1.29 is 4.74 Å². The molecule has 0 radical (unpaired) electrons. The van der Waals surface area contributed by atoms with Crippen molar-refractivity contribution in [3.8, 4) is 0 Å². The summed E-state index contributed by atoms with van der Waals surface area (Å²) in [6.45, 7) is 2.37. The van der Waals surface area contributed by atoms with E-state index in [1.165, 1.54) is 0 Å². The third kappa shape index (κ3) is 4.77. The summed E-state index contributed by atoms with van der Waals surface area (Å²) >= 11 is 12.0. The minimum atomic E-state index is 0.292. The Bertz CT molecular complexity index is 502. The van der Waals surface area contributed by atoms with Crippen LogP contribution in [0.1, 0.15) is 18.4 Å². The molecular formula is C15H21Cl2N3O. The molecule has 0 aromatic heterocycles. The van der Waals surface area contributed by atoms with Crippen molar-refractivity contribution in [2.75, 3.05) is 27.2 Å². The summed E-state index contributed by atoms with van der Waals surface area (Å²) in [5.41, 5.74) is 1.09. The van der Waals surface area contributed by atoms with Crippen molar-refractivity contribution in [2.45, 2.75) is 25.5 Å². The van der Waals surface area contributed by atoms with Crippen molar-refractivity contribution in [1.82, 2.24) is 10.2 Å². The van der Waals surface area contributed by atoms with Gasteiger partial charge in [-0.05, 0) is 30.5 Å². The minimum Gasteiger partial charge on any atom is -0.376 e. The number of nitrogens with zero attached hydrogens (tertiary/aromatic N) is 2. The smallest absolute Gasteiger partial charge is 0.193 e. The molecule has 1 atom stereocenters. The summed E-state index contributed by atoms with van der Waals surface area (Å²) in [4.78, 5) is 6.35. The van der Waals surface area contributed by atoms with Crippen molar-refractivity contribution in [3.05, 3.63) is 33.8 Å². The van der Waals surface area contributed by atoms with Gasteiger partial charge in [-0.3, -0.25) is 4.99 Å². The molecule has 0 amide bonds. The van der Waals surface area contributed by atoms with Crippen molar-refractivity contribution >= 4 is 29.2 Å². The number of guanidine groups is 1. The molecule has 2 rings (SSSR count). The zero-order valence-corrected chi connectivity index (χ0v) is 13.9. The van der Waals surface area contributed by atoms with Crippen LogP contribution < -0.4 is 5.32 Å². The van der Waals surface area contributed by atoms with Crippen molar-refractivity contribution in [2.24, 2.45) is 4.99 Å². The van der Waals surface area contributed by atoms with Gasteiger partial charge in [0.05, 0.1) is 16.1 Å². The molecule has 1 fully saturated rings. The second kappa shape index (κ2) is 7.87. The van der Waals surface area contributed by atoms with E-state index in [-0.39, 0.29) is 0 Å². The van der Waals surface area contributed by atoms with Gasteiger partial charge in [0, 0.05) is 33.8 Å². The highest BCUT2D eigenvalue weighted by Gasteiger charge is 2.16. The SMILES string of the molecule is CN=C(NCC1CCCO1)N(C)Cc1ccc(Cl)c(Cl)c1. The van der Waals surface area contributed by atoms with E-state index in [2.05, 4.69) is 15.2 Å². The van der Waals surface area contributed by atoms with Gasteiger partial charge >= 0.3 is 0 Å². The molecule has 1 heterocycles. The van der Waals surface area contributed by atoms with Crippen molar-refractivity contribution in [3.63, 3.8) is 0 Å². The second-order valence-electron chi connectivity index (χ2n) is 5.17. The summed E-state index contributed by atoms with van der Waals surface area (Å²) in [7, 11) is 3.77. The molecule has 6 heteroatoms. The molecule has 1 aromatic rings. The predicted octanol–water partition coefficient (Wildman–Crippen LogP) is 3.18. The van der Waals surface area contributed by atoms with E-state index in [0.29, 0.717) is 22.7 Å². The van der Waals surface area contributed by atoms with E-state index in [9.17, 15) is 0 Å². The molecule has 0 aliphatic carbocycles. The van der Waals surface area contributed by atoms with Gasteiger partial charge in [0.2, 0.25) is 0 Å². The second-order valence-corrected chi connectivity index (χ2v) is 5.98. The lowest BCUT2D eigenvalue weighted by Gasteiger charge is -2.23. The Balaban J connectivity index is 1.89. The summed E-state index contributed by atoms with van der Waals surface area (Å²) in [6.07, 6.45) is 2.55. The number of halogens is 2. The zero-order chi connectivity index (χ0) is 15.2. The predicted molar refractivity (Wildman–Crippen MR) is 88.3 cm³/mol. The Morgan fingerprint density at radius 2 is 2.24 bits per heavy atom. The summed E-state index contributed by atoms with van der Waals surface area (Å²) < 4.78 is 5.61. The summed E-state index contributed by atoms with van der Waals surface area (Å²) in [5, 5.41) is 4.50. The van der Waals surface area contributed by atoms with E-state index in [1.54, 1.807) is 7.05 Å². The lowest BCUT2D eigenvalue weighted by molar-refractivity contribution is 0.113. The van der Waals surface area contributed by atoms with E-state index in [0.717, 1.165) is 37.5 Å². The van der Waals surface area contributed by atoms with Gasteiger partial charge in [0.1, 0.15) is 0 Å². The highest BCUT2D eigenvalue weighted by molar-refractivity contribution is 6.42. The number of hydrogen-bond donors (Lipinski definition) is 1. The van der Waals surface area contributed by atoms with Crippen LogP contribution in [0.2, 0.25) is 10.0 Å². The van der Waals surface area contributed by atoms with E-state index in [1.807, 2.05) is 25.2 Å². The van der Waals surface area contributed by atoms with Crippen LogP contribution in [0.25, 0.3) is 0 Å². The van der Waals surface area contributed by atoms with Gasteiger partial charge in [-0.2, -0.15) is 0 Å². The first kappa shape index (κ1) is 16.4. The molecule has 116 valence electrons. The number of aliphatic imine (C=N–C) groups is 1. The lowest BCUT2D eigenvalue weighted by Crippen LogP contribution is -2.41. The zero-order valence-electron chi connectivity index (χ0n) is 12.4. The van der Waals surface area contributed by atoms with Gasteiger partial charge in [0.15, 0.2) is 5.96 Å². The van der Waals surface area contributed by atoms with Crippen LogP contribution in [0, 0.1) is 0 Å². The molecule has 1 N–H and O–H groups in total. The van der Waals surface area contributed by atoms with Crippen LogP contribution >= 0.6 is 23.2 Å².